The fourth-order valence-corrected chi connectivity index (χ4v) is 3.19. The highest BCUT2D eigenvalue weighted by Crippen LogP contribution is 2.29. The van der Waals surface area contributed by atoms with Crippen LogP contribution < -0.4 is 9.46 Å². The summed E-state index contributed by atoms with van der Waals surface area (Å²) in [6.45, 7) is 0. The zero-order valence-corrected chi connectivity index (χ0v) is 13.3. The number of sulfonamides is 1. The van der Waals surface area contributed by atoms with Crippen LogP contribution in [0.2, 0.25) is 0 Å². The minimum absolute atomic E-state index is 0.158. The molecule has 108 valence electrons. The highest BCUT2D eigenvalue weighted by molar-refractivity contribution is 9.10. The Balaban J connectivity index is 2.40. The second kappa shape index (κ2) is 6.11. The van der Waals surface area contributed by atoms with Gasteiger partial charge >= 0.3 is 0 Å². The third-order valence-electron chi connectivity index (χ3n) is 2.57. The molecular weight excluding hydrogens is 358 g/mol. The van der Waals surface area contributed by atoms with Gasteiger partial charge in [0.1, 0.15) is 16.7 Å². The number of anilines is 1. The summed E-state index contributed by atoms with van der Waals surface area (Å²) in [5.41, 5.74) is 0.164. The third-order valence-corrected chi connectivity index (χ3v) is 4.64. The van der Waals surface area contributed by atoms with Crippen molar-refractivity contribution in [1.82, 2.24) is 4.98 Å². The number of halogens is 1. The van der Waals surface area contributed by atoms with E-state index >= 15 is 0 Å². The van der Waals surface area contributed by atoms with Crippen molar-refractivity contribution in [2.75, 3.05) is 11.8 Å². The molecule has 0 unspecified atom stereocenters. The van der Waals surface area contributed by atoms with Crippen molar-refractivity contribution in [2.45, 2.75) is 4.90 Å². The molecule has 0 atom stereocenters. The van der Waals surface area contributed by atoms with E-state index < -0.39 is 10.0 Å². The van der Waals surface area contributed by atoms with Crippen molar-refractivity contribution < 1.29 is 13.2 Å². The average Bonchev–Trinajstić information content (AvgIpc) is 2.49. The molecule has 1 aromatic carbocycles. The summed E-state index contributed by atoms with van der Waals surface area (Å²) < 4.78 is 32.8. The van der Waals surface area contributed by atoms with Crippen LogP contribution in [0.1, 0.15) is 5.69 Å². The summed E-state index contributed by atoms with van der Waals surface area (Å²) >= 11 is 3.28. The molecule has 1 N–H and O–H groups in total. The second-order valence-corrected chi connectivity index (χ2v) is 6.42. The normalized spacial score (nSPS) is 10.7. The van der Waals surface area contributed by atoms with E-state index in [9.17, 15) is 8.42 Å². The Bertz CT molecular complexity index is 816. The number of aromatic nitrogens is 1. The third kappa shape index (κ3) is 3.32. The first-order valence-electron chi connectivity index (χ1n) is 5.69. The molecule has 0 bridgehead atoms. The maximum Gasteiger partial charge on any atom is 0.264 e. The smallest absolute Gasteiger partial charge is 0.264 e. The molecule has 8 heteroatoms. The van der Waals surface area contributed by atoms with Crippen LogP contribution >= 0.6 is 15.9 Å². The lowest BCUT2D eigenvalue weighted by Gasteiger charge is -2.10. The quantitative estimate of drug-likeness (QED) is 0.895. The van der Waals surface area contributed by atoms with Gasteiger partial charge in [-0.05, 0) is 40.2 Å². The zero-order chi connectivity index (χ0) is 15.5. The lowest BCUT2D eigenvalue weighted by Crippen LogP contribution is -2.15. The van der Waals surface area contributed by atoms with Crippen molar-refractivity contribution in [2.24, 2.45) is 0 Å². The van der Waals surface area contributed by atoms with Crippen LogP contribution in [0.4, 0.5) is 5.69 Å². The summed E-state index contributed by atoms with van der Waals surface area (Å²) in [5, 5.41) is 8.94. The molecule has 2 rings (SSSR count). The van der Waals surface area contributed by atoms with Crippen molar-refractivity contribution in [3.63, 3.8) is 0 Å². The van der Waals surface area contributed by atoms with Crippen LogP contribution in [0, 0.1) is 11.3 Å². The lowest BCUT2D eigenvalue weighted by molar-refractivity contribution is 0.412. The fourth-order valence-electron chi connectivity index (χ4n) is 1.62. The van der Waals surface area contributed by atoms with Gasteiger partial charge in [-0.25, -0.2) is 13.4 Å². The van der Waals surface area contributed by atoms with Crippen LogP contribution in [0.25, 0.3) is 0 Å². The Morgan fingerprint density at radius 3 is 2.81 bits per heavy atom. The number of ether oxygens (including phenoxy) is 1. The van der Waals surface area contributed by atoms with E-state index in [2.05, 4.69) is 25.6 Å². The SMILES string of the molecule is COc1cc(NS(=O)(=O)c2cccnc2C#N)ccc1Br. The highest BCUT2D eigenvalue weighted by Gasteiger charge is 2.19. The minimum Gasteiger partial charge on any atom is -0.495 e. The number of nitrogens with zero attached hydrogens (tertiary/aromatic N) is 2. The predicted molar refractivity (Wildman–Crippen MR) is 80.5 cm³/mol. The minimum atomic E-state index is -3.90. The molecule has 1 heterocycles. The molecular formula is C13H10BrN3O3S. The summed E-state index contributed by atoms with van der Waals surface area (Å²) in [5.74, 6) is 0.488. The van der Waals surface area contributed by atoms with Crippen molar-refractivity contribution in [3.05, 3.63) is 46.7 Å². The number of benzene rings is 1. The first-order valence-corrected chi connectivity index (χ1v) is 7.97. The summed E-state index contributed by atoms with van der Waals surface area (Å²) in [7, 11) is -2.42. The number of hydrogen-bond donors (Lipinski definition) is 1. The molecule has 0 fully saturated rings. The van der Waals surface area contributed by atoms with E-state index in [0.29, 0.717) is 15.9 Å². The van der Waals surface area contributed by atoms with E-state index in [4.69, 9.17) is 10.00 Å². The number of methoxy groups -OCH3 is 1. The number of pyridine rings is 1. The Morgan fingerprint density at radius 1 is 1.38 bits per heavy atom. The van der Waals surface area contributed by atoms with Gasteiger partial charge in [-0.2, -0.15) is 5.26 Å². The monoisotopic (exact) mass is 367 g/mol. The molecule has 0 radical (unpaired) electrons. The van der Waals surface area contributed by atoms with Crippen LogP contribution in [0.3, 0.4) is 0 Å². The molecule has 0 saturated heterocycles. The maximum atomic E-state index is 12.3. The molecule has 0 saturated carbocycles. The Labute approximate surface area is 130 Å². The predicted octanol–water partition coefficient (Wildman–Crippen LogP) is 2.53. The van der Waals surface area contributed by atoms with Gasteiger partial charge in [0.2, 0.25) is 0 Å². The van der Waals surface area contributed by atoms with Gasteiger partial charge < -0.3 is 4.74 Å². The number of rotatable bonds is 4. The fraction of sp³-hybridized carbons (Fsp3) is 0.0769. The van der Waals surface area contributed by atoms with Gasteiger partial charge in [0, 0.05) is 12.3 Å². The molecule has 0 aliphatic rings. The Morgan fingerprint density at radius 2 is 2.14 bits per heavy atom. The molecule has 21 heavy (non-hydrogen) atoms. The highest BCUT2D eigenvalue weighted by atomic mass is 79.9. The van der Waals surface area contributed by atoms with Gasteiger partial charge in [0.25, 0.3) is 10.0 Å². The first kappa shape index (κ1) is 15.3. The van der Waals surface area contributed by atoms with Crippen LogP contribution in [-0.2, 0) is 10.0 Å². The summed E-state index contributed by atoms with van der Waals surface area (Å²) in [4.78, 5) is 3.57. The first-order chi connectivity index (χ1) is 9.97. The van der Waals surface area contributed by atoms with E-state index in [1.54, 1.807) is 18.2 Å². The second-order valence-electron chi connectivity index (χ2n) is 3.92. The molecule has 6 nitrogen and oxygen atoms in total. The maximum absolute atomic E-state index is 12.3. The zero-order valence-electron chi connectivity index (χ0n) is 10.9. The van der Waals surface area contributed by atoms with Crippen molar-refractivity contribution in [1.29, 1.82) is 5.26 Å². The average molecular weight is 368 g/mol. The summed E-state index contributed by atoms with van der Waals surface area (Å²) in [6, 6.07) is 9.30. The van der Waals surface area contributed by atoms with Crippen LogP contribution in [0.15, 0.2) is 45.9 Å². The van der Waals surface area contributed by atoms with Crippen molar-refractivity contribution in [3.8, 4) is 11.8 Å². The topological polar surface area (TPSA) is 92.1 Å². The molecule has 2 aromatic rings. The molecule has 0 aliphatic heterocycles. The van der Waals surface area contributed by atoms with Gasteiger partial charge in [-0.15, -0.1) is 0 Å². The van der Waals surface area contributed by atoms with Gasteiger partial charge in [0.05, 0.1) is 17.3 Å². The molecule has 0 aliphatic carbocycles. The number of hydrogen-bond acceptors (Lipinski definition) is 5. The lowest BCUT2D eigenvalue weighted by atomic mass is 10.3. The largest absolute Gasteiger partial charge is 0.495 e. The van der Waals surface area contributed by atoms with Crippen molar-refractivity contribution >= 4 is 31.6 Å². The Kier molecular flexibility index (Phi) is 4.45. The van der Waals surface area contributed by atoms with E-state index in [-0.39, 0.29) is 10.6 Å². The van der Waals surface area contributed by atoms with Crippen LogP contribution in [0.5, 0.6) is 5.75 Å². The van der Waals surface area contributed by atoms with Gasteiger partial charge in [0.15, 0.2) is 5.69 Å². The summed E-state index contributed by atoms with van der Waals surface area (Å²) in [6.07, 6.45) is 1.36. The number of nitriles is 1. The van der Waals surface area contributed by atoms with E-state index in [1.807, 2.05) is 0 Å². The standard InChI is InChI=1S/C13H10BrN3O3S/c1-20-12-7-9(4-5-10(12)14)17-21(18,19)13-3-2-6-16-11(13)8-15/h2-7,17H,1H3. The van der Waals surface area contributed by atoms with E-state index in [0.717, 1.165) is 0 Å². The number of nitrogens with one attached hydrogen (secondary N) is 1. The van der Waals surface area contributed by atoms with Gasteiger partial charge in [-0.3, -0.25) is 4.72 Å². The molecule has 0 spiro atoms. The van der Waals surface area contributed by atoms with E-state index in [1.165, 1.54) is 31.5 Å². The molecule has 1 aromatic heterocycles. The Hall–Kier alpha value is -2.11. The van der Waals surface area contributed by atoms with Gasteiger partial charge in [-0.1, -0.05) is 0 Å². The molecule has 0 amide bonds. The van der Waals surface area contributed by atoms with Crippen LogP contribution in [-0.4, -0.2) is 20.5 Å².